The van der Waals surface area contributed by atoms with Crippen LogP contribution in [-0.2, 0) is 14.3 Å². The van der Waals surface area contributed by atoms with Crippen LogP contribution in [0.25, 0.3) is 0 Å². The number of carbonyl (C=O) groups is 1. The Kier molecular flexibility index (Phi) is 3.56. The molecule has 1 fully saturated rings. The molecule has 15 heavy (non-hydrogen) atoms. The van der Waals surface area contributed by atoms with Gasteiger partial charge in [-0.15, -0.1) is 0 Å². The van der Waals surface area contributed by atoms with Crippen LogP contribution in [0.5, 0.6) is 0 Å². The normalized spacial score (nSPS) is 27.9. The predicted octanol–water partition coefficient (Wildman–Crippen LogP) is 2.68. The molecular weight excluding hydrogens is 192 g/mol. The molecule has 1 heterocycles. The number of Topliss-reactive ketones (excluding diaryl/α,β-unsaturated/α-hetero) is 1. The van der Waals surface area contributed by atoms with Gasteiger partial charge in [-0.1, -0.05) is 0 Å². The highest BCUT2D eigenvalue weighted by Crippen LogP contribution is 2.38. The third-order valence-electron chi connectivity index (χ3n) is 2.71. The average molecular weight is 214 g/mol. The fourth-order valence-corrected chi connectivity index (χ4v) is 2.15. The molecule has 0 bridgehead atoms. The number of ketones is 1. The van der Waals surface area contributed by atoms with Crippen molar-refractivity contribution < 1.29 is 14.3 Å². The van der Waals surface area contributed by atoms with E-state index in [0.717, 1.165) is 12.8 Å². The first-order valence-corrected chi connectivity index (χ1v) is 5.60. The molecule has 1 aliphatic heterocycles. The monoisotopic (exact) mass is 214 g/mol. The maximum absolute atomic E-state index is 10.8. The van der Waals surface area contributed by atoms with Crippen LogP contribution < -0.4 is 0 Å². The van der Waals surface area contributed by atoms with Crippen molar-refractivity contribution in [3.05, 3.63) is 0 Å². The maximum Gasteiger partial charge on any atom is 0.164 e. The van der Waals surface area contributed by atoms with Gasteiger partial charge in [0.1, 0.15) is 5.78 Å². The number of hydrogen-bond donors (Lipinski definition) is 0. The minimum absolute atomic E-state index is 0.0897. The third kappa shape index (κ3) is 3.58. The summed E-state index contributed by atoms with van der Waals surface area (Å²) in [6.07, 6.45) is 2.49. The molecule has 0 aromatic carbocycles. The quantitative estimate of drug-likeness (QED) is 0.721. The Labute approximate surface area is 92.1 Å². The highest BCUT2D eigenvalue weighted by molar-refractivity contribution is 5.75. The molecule has 1 aliphatic rings. The number of rotatable bonds is 4. The molecule has 3 heteroatoms. The van der Waals surface area contributed by atoms with Crippen LogP contribution in [0.15, 0.2) is 0 Å². The van der Waals surface area contributed by atoms with Gasteiger partial charge in [0.2, 0.25) is 0 Å². The Morgan fingerprint density at radius 1 is 1.27 bits per heavy atom. The second-order valence-electron chi connectivity index (χ2n) is 5.31. The van der Waals surface area contributed by atoms with Crippen molar-refractivity contribution in [3.63, 3.8) is 0 Å². The van der Waals surface area contributed by atoms with E-state index in [4.69, 9.17) is 9.47 Å². The molecule has 3 nitrogen and oxygen atoms in total. The molecule has 1 saturated heterocycles. The SMILES string of the molecule is CC(=O)CCCC1OC(C)(C)OC1(C)C. The standard InChI is InChI=1S/C12H22O3/c1-9(13)7-6-8-10-11(2,3)15-12(4,5)14-10/h10H,6-8H2,1-5H3. The summed E-state index contributed by atoms with van der Waals surface area (Å²) in [5.41, 5.74) is -0.250. The number of hydrogen-bond acceptors (Lipinski definition) is 3. The second kappa shape index (κ2) is 4.22. The largest absolute Gasteiger partial charge is 0.344 e. The first kappa shape index (κ1) is 12.7. The summed E-state index contributed by atoms with van der Waals surface area (Å²) in [7, 11) is 0. The molecular formula is C12H22O3. The molecule has 0 amide bonds. The lowest BCUT2D eigenvalue weighted by Gasteiger charge is -2.23. The van der Waals surface area contributed by atoms with Crippen LogP contribution in [0.2, 0.25) is 0 Å². The van der Waals surface area contributed by atoms with E-state index in [1.54, 1.807) is 6.92 Å². The Bertz CT molecular complexity index is 243. The first-order valence-electron chi connectivity index (χ1n) is 5.60. The van der Waals surface area contributed by atoms with Gasteiger partial charge in [0.05, 0.1) is 11.7 Å². The first-order chi connectivity index (χ1) is 6.73. The lowest BCUT2D eigenvalue weighted by molar-refractivity contribution is -0.157. The Morgan fingerprint density at radius 3 is 2.27 bits per heavy atom. The summed E-state index contributed by atoms with van der Waals surface area (Å²) in [5, 5.41) is 0. The van der Waals surface area contributed by atoms with Crippen LogP contribution >= 0.6 is 0 Å². The maximum atomic E-state index is 10.8. The molecule has 0 aliphatic carbocycles. The van der Waals surface area contributed by atoms with E-state index in [0.29, 0.717) is 6.42 Å². The molecule has 88 valence electrons. The average Bonchev–Trinajstić information content (AvgIpc) is 2.18. The van der Waals surface area contributed by atoms with Crippen molar-refractivity contribution in [1.29, 1.82) is 0 Å². The molecule has 1 rings (SSSR count). The second-order valence-corrected chi connectivity index (χ2v) is 5.31. The van der Waals surface area contributed by atoms with Crippen LogP contribution in [0.1, 0.15) is 53.9 Å². The minimum Gasteiger partial charge on any atom is -0.344 e. The van der Waals surface area contributed by atoms with Crippen LogP contribution in [0.4, 0.5) is 0 Å². The summed E-state index contributed by atoms with van der Waals surface area (Å²) in [6.45, 7) is 9.57. The van der Waals surface area contributed by atoms with Crippen LogP contribution in [-0.4, -0.2) is 23.3 Å². The Morgan fingerprint density at radius 2 is 1.87 bits per heavy atom. The van der Waals surface area contributed by atoms with Gasteiger partial charge < -0.3 is 14.3 Å². The molecule has 0 aromatic heterocycles. The molecule has 1 atom stereocenters. The summed E-state index contributed by atoms with van der Waals surface area (Å²) >= 11 is 0. The van der Waals surface area contributed by atoms with Gasteiger partial charge in [0.25, 0.3) is 0 Å². The fraction of sp³-hybridized carbons (Fsp3) is 0.917. The van der Waals surface area contributed by atoms with E-state index in [1.807, 2.05) is 27.7 Å². The van der Waals surface area contributed by atoms with E-state index >= 15 is 0 Å². The highest BCUT2D eigenvalue weighted by atomic mass is 16.8. The van der Waals surface area contributed by atoms with Crippen molar-refractivity contribution >= 4 is 5.78 Å². The van der Waals surface area contributed by atoms with Crippen molar-refractivity contribution in [2.45, 2.75) is 71.4 Å². The topological polar surface area (TPSA) is 35.5 Å². The van der Waals surface area contributed by atoms with E-state index < -0.39 is 5.79 Å². The van der Waals surface area contributed by atoms with Crippen molar-refractivity contribution in [3.8, 4) is 0 Å². The summed E-state index contributed by atoms with van der Waals surface area (Å²) in [5.74, 6) is -0.254. The van der Waals surface area contributed by atoms with Gasteiger partial charge in [0, 0.05) is 6.42 Å². The van der Waals surface area contributed by atoms with Crippen molar-refractivity contribution in [2.75, 3.05) is 0 Å². The van der Waals surface area contributed by atoms with Crippen LogP contribution in [0, 0.1) is 0 Å². The Hall–Kier alpha value is -0.410. The molecule has 0 saturated carbocycles. The Balaban J connectivity index is 2.45. The van der Waals surface area contributed by atoms with E-state index in [9.17, 15) is 4.79 Å². The number of carbonyl (C=O) groups excluding carboxylic acids is 1. The highest BCUT2D eigenvalue weighted by Gasteiger charge is 2.46. The lowest BCUT2D eigenvalue weighted by Crippen LogP contribution is -2.33. The zero-order valence-corrected chi connectivity index (χ0v) is 10.4. The predicted molar refractivity (Wildman–Crippen MR) is 58.6 cm³/mol. The summed E-state index contributed by atoms with van der Waals surface area (Å²) < 4.78 is 11.6. The van der Waals surface area contributed by atoms with Crippen LogP contribution in [0.3, 0.4) is 0 Å². The summed E-state index contributed by atoms with van der Waals surface area (Å²) in [6, 6.07) is 0. The summed E-state index contributed by atoms with van der Waals surface area (Å²) in [4.78, 5) is 10.8. The van der Waals surface area contributed by atoms with Gasteiger partial charge in [-0.2, -0.15) is 0 Å². The minimum atomic E-state index is -0.496. The van der Waals surface area contributed by atoms with E-state index in [1.165, 1.54) is 0 Å². The van der Waals surface area contributed by atoms with Gasteiger partial charge in [-0.3, -0.25) is 0 Å². The van der Waals surface area contributed by atoms with Crippen molar-refractivity contribution in [2.24, 2.45) is 0 Å². The van der Waals surface area contributed by atoms with E-state index in [-0.39, 0.29) is 17.5 Å². The molecule has 0 N–H and O–H groups in total. The number of ether oxygens (including phenoxy) is 2. The molecule has 0 aromatic rings. The van der Waals surface area contributed by atoms with Crippen molar-refractivity contribution in [1.82, 2.24) is 0 Å². The van der Waals surface area contributed by atoms with Gasteiger partial charge in [0.15, 0.2) is 5.79 Å². The molecule has 0 radical (unpaired) electrons. The van der Waals surface area contributed by atoms with Gasteiger partial charge in [-0.05, 0) is 47.5 Å². The lowest BCUT2D eigenvalue weighted by atomic mass is 9.96. The van der Waals surface area contributed by atoms with E-state index in [2.05, 4.69) is 0 Å². The molecule has 0 spiro atoms. The molecule has 1 unspecified atom stereocenters. The zero-order chi connectivity index (χ0) is 11.7. The fourth-order valence-electron chi connectivity index (χ4n) is 2.15. The smallest absolute Gasteiger partial charge is 0.164 e. The zero-order valence-electron chi connectivity index (χ0n) is 10.4. The third-order valence-corrected chi connectivity index (χ3v) is 2.71. The van der Waals surface area contributed by atoms with Gasteiger partial charge >= 0.3 is 0 Å². The van der Waals surface area contributed by atoms with Gasteiger partial charge in [-0.25, -0.2) is 0 Å².